The molecular weight excluding hydrogens is 883 g/mol. The van der Waals surface area contributed by atoms with Gasteiger partial charge in [-0.1, -0.05) is 53.2 Å². The number of hydrogen-bond donors (Lipinski definition) is 1. The van der Waals surface area contributed by atoms with E-state index < -0.39 is 23.4 Å². The lowest BCUT2D eigenvalue weighted by molar-refractivity contribution is -0.199. The van der Waals surface area contributed by atoms with Gasteiger partial charge in [-0.25, -0.2) is 10.0 Å². The molecule has 2 saturated heterocycles. The van der Waals surface area contributed by atoms with Crippen molar-refractivity contribution in [1.29, 1.82) is 0 Å². The number of carbonyl (C=O) groups excluding carboxylic acids is 5. The van der Waals surface area contributed by atoms with Crippen LogP contribution in [-0.2, 0) is 57.7 Å². The third-order valence-corrected chi connectivity index (χ3v) is 14.4. The number of methoxy groups -OCH3 is 1. The maximum atomic E-state index is 14.6. The van der Waals surface area contributed by atoms with Gasteiger partial charge in [0.25, 0.3) is 12.4 Å². The highest BCUT2D eigenvalue weighted by Crippen LogP contribution is 2.42. The van der Waals surface area contributed by atoms with E-state index in [0.717, 1.165) is 83.2 Å². The molecular formula is C52H71N7O8S. The molecule has 3 aliphatic rings. The predicted molar refractivity (Wildman–Crippen MR) is 264 cm³/mol. The van der Waals surface area contributed by atoms with E-state index >= 15 is 0 Å². The summed E-state index contributed by atoms with van der Waals surface area (Å²) in [6, 6.07) is 8.58. The van der Waals surface area contributed by atoms with Crippen molar-refractivity contribution in [1.82, 2.24) is 34.7 Å². The molecule has 4 aromatic rings. The molecule has 68 heavy (non-hydrogen) atoms. The molecule has 3 fully saturated rings. The minimum Gasteiger partial charge on any atom is -0.467 e. The topological polar surface area (TPSA) is 166 Å². The number of pyridine rings is 1. The molecule has 2 aliphatic heterocycles. The van der Waals surface area contributed by atoms with Gasteiger partial charge in [-0.15, -0.1) is 11.3 Å². The quantitative estimate of drug-likeness (QED) is 0.0720. The summed E-state index contributed by atoms with van der Waals surface area (Å²) in [6.45, 7) is 18.8. The Bertz CT molecular complexity index is 2400. The predicted octanol–water partition coefficient (Wildman–Crippen LogP) is 7.96. The first kappa shape index (κ1) is 51.9. The van der Waals surface area contributed by atoms with Crippen LogP contribution in [0.1, 0.15) is 109 Å². The van der Waals surface area contributed by atoms with Crippen molar-refractivity contribution in [3.8, 4) is 22.5 Å². The molecule has 368 valence electrons. The number of likely N-dealkylation sites (N-methyl/N-ethyl adjacent to an activating group) is 1. The van der Waals surface area contributed by atoms with E-state index in [0.29, 0.717) is 50.6 Å². The lowest BCUT2D eigenvalue weighted by Gasteiger charge is -2.35. The SMILES string of the molecule is C=CC(=O)N1CCC(C(=O)N(C)C(C(=O)NC(Cc2nc(-c3ccc4c(c3)c(CC(C)(C)COC=O)c(-c3cccnc3C(C)OC)n4CC)cs2)C(=O)N2CCCCO2)C2CCCC2)C1.CC. The van der Waals surface area contributed by atoms with Crippen molar-refractivity contribution >= 4 is 52.3 Å². The molecule has 0 radical (unpaired) electrons. The lowest BCUT2D eigenvalue weighted by atomic mass is 9.84. The third kappa shape index (κ3) is 11.7. The second-order valence-electron chi connectivity index (χ2n) is 18.7. The van der Waals surface area contributed by atoms with E-state index in [9.17, 15) is 24.0 Å². The highest BCUT2D eigenvalue weighted by molar-refractivity contribution is 7.10. The Morgan fingerprint density at radius 3 is 2.53 bits per heavy atom. The van der Waals surface area contributed by atoms with Crippen molar-refractivity contribution < 1.29 is 38.3 Å². The second-order valence-corrected chi connectivity index (χ2v) is 19.6. The molecule has 5 heterocycles. The molecule has 3 aromatic heterocycles. The van der Waals surface area contributed by atoms with Gasteiger partial charge in [-0.2, -0.15) is 0 Å². The van der Waals surface area contributed by atoms with E-state index in [2.05, 4.69) is 61.5 Å². The van der Waals surface area contributed by atoms with Gasteiger partial charge < -0.3 is 29.2 Å². The number of aryl methyl sites for hydroxylation is 1. The van der Waals surface area contributed by atoms with Crippen molar-refractivity contribution in [3.63, 3.8) is 0 Å². The number of ether oxygens (including phenoxy) is 2. The monoisotopic (exact) mass is 954 g/mol. The molecule has 15 nitrogen and oxygen atoms in total. The summed E-state index contributed by atoms with van der Waals surface area (Å²) in [6.07, 6.45) is 9.12. The Morgan fingerprint density at radius 1 is 1.09 bits per heavy atom. The zero-order valence-corrected chi connectivity index (χ0v) is 42.1. The van der Waals surface area contributed by atoms with Gasteiger partial charge in [-0.05, 0) is 94.2 Å². The molecule has 1 saturated carbocycles. The molecule has 1 N–H and O–H groups in total. The van der Waals surface area contributed by atoms with Crippen molar-refractivity contribution in [2.75, 3.05) is 47.0 Å². The molecule has 4 atom stereocenters. The van der Waals surface area contributed by atoms with Crippen LogP contribution in [0.15, 0.2) is 54.6 Å². The number of amides is 4. The van der Waals surface area contributed by atoms with Gasteiger partial charge >= 0.3 is 0 Å². The number of hydrogen-bond acceptors (Lipinski definition) is 11. The molecule has 4 unspecified atom stereocenters. The standard InChI is InChI=1S/C50H65N7O8S.C2H6/c1-8-43(59)55-23-20-35(28-55)48(61)54(6)45(33-15-10-11-16-33)47(60)53-39(49(62)57-22-12-13-24-65-57)26-42-52-40(29-66-42)34-18-19-41-37(25-34)38(27-50(4,5)30-64-31-58)46(56(41)9-2)36-17-14-21-51-44(36)32(3)63-7;1-2/h8,14,17-19,21,25,29,31-33,35,39,45H,1,9-13,15-16,20,22-24,26-28,30H2,2-7H3,(H,53,60);1-2H3. The first-order valence-electron chi connectivity index (χ1n) is 24.3. The summed E-state index contributed by atoms with van der Waals surface area (Å²) in [5.74, 6) is -1.63. The fourth-order valence-corrected chi connectivity index (χ4v) is 10.9. The minimum absolute atomic E-state index is 0.0705. The number of carbonyl (C=O) groups is 5. The van der Waals surface area contributed by atoms with Crippen LogP contribution in [0.3, 0.4) is 0 Å². The van der Waals surface area contributed by atoms with Crippen LogP contribution < -0.4 is 5.32 Å². The summed E-state index contributed by atoms with van der Waals surface area (Å²) in [4.78, 5) is 85.5. The Morgan fingerprint density at radius 2 is 1.85 bits per heavy atom. The number of benzene rings is 1. The summed E-state index contributed by atoms with van der Waals surface area (Å²) in [5, 5.41) is 8.14. The molecule has 0 spiro atoms. The Labute approximate surface area is 405 Å². The van der Waals surface area contributed by atoms with Crippen LogP contribution in [0, 0.1) is 17.3 Å². The number of nitrogens with one attached hydrogen (secondary N) is 1. The largest absolute Gasteiger partial charge is 0.467 e. The van der Waals surface area contributed by atoms with Gasteiger partial charge in [0, 0.05) is 85.8 Å². The lowest BCUT2D eigenvalue weighted by Crippen LogP contribution is -2.58. The molecule has 1 aromatic carbocycles. The van der Waals surface area contributed by atoms with Gasteiger partial charge in [0.1, 0.15) is 12.1 Å². The minimum atomic E-state index is -0.997. The van der Waals surface area contributed by atoms with Gasteiger partial charge in [-0.3, -0.25) is 33.8 Å². The second kappa shape index (κ2) is 23.7. The summed E-state index contributed by atoms with van der Waals surface area (Å²) in [5.41, 5.74) is 6.16. The molecule has 1 aliphatic carbocycles. The van der Waals surface area contributed by atoms with E-state index in [4.69, 9.17) is 24.3 Å². The molecule has 7 rings (SSSR count). The third-order valence-electron chi connectivity index (χ3n) is 13.5. The van der Waals surface area contributed by atoms with Crippen molar-refractivity contribution in [3.05, 3.63) is 70.8 Å². The first-order valence-corrected chi connectivity index (χ1v) is 25.2. The summed E-state index contributed by atoms with van der Waals surface area (Å²) < 4.78 is 13.4. The van der Waals surface area contributed by atoms with Crippen molar-refractivity contribution in [2.45, 2.75) is 124 Å². The van der Waals surface area contributed by atoms with Gasteiger partial charge in [0.2, 0.25) is 17.7 Å². The molecule has 4 amide bonds. The number of aromatic nitrogens is 3. The fourth-order valence-electron chi connectivity index (χ4n) is 10.1. The zero-order chi connectivity index (χ0) is 49.1. The number of rotatable bonds is 19. The van der Waals surface area contributed by atoms with Crippen LogP contribution in [0.5, 0.6) is 0 Å². The van der Waals surface area contributed by atoms with Crippen molar-refractivity contribution in [2.24, 2.45) is 17.3 Å². The smallest absolute Gasteiger partial charge is 0.293 e. The number of hydroxylamine groups is 2. The van der Waals surface area contributed by atoms with E-state index in [1.54, 1.807) is 30.2 Å². The number of fused-ring (bicyclic) bond motifs is 1. The van der Waals surface area contributed by atoms with E-state index in [1.165, 1.54) is 22.5 Å². The van der Waals surface area contributed by atoms with E-state index in [-0.39, 0.29) is 55.2 Å². The Hall–Kier alpha value is -5.45. The van der Waals surface area contributed by atoms with Crippen LogP contribution in [-0.4, -0.2) is 119 Å². The average molecular weight is 954 g/mol. The average Bonchev–Trinajstić information content (AvgIpc) is 4.21. The van der Waals surface area contributed by atoms with Crippen LogP contribution in [0.2, 0.25) is 0 Å². The fraction of sp³-hybridized carbons (Fsp3) is 0.558. The first-order chi connectivity index (χ1) is 32.8. The number of nitrogens with zero attached hydrogens (tertiary/aromatic N) is 6. The van der Waals surface area contributed by atoms with Gasteiger partial charge in [0.05, 0.1) is 47.3 Å². The van der Waals surface area contributed by atoms with Crippen LogP contribution in [0.25, 0.3) is 33.4 Å². The van der Waals surface area contributed by atoms with Gasteiger partial charge in [0.15, 0.2) is 0 Å². The summed E-state index contributed by atoms with van der Waals surface area (Å²) >= 11 is 1.42. The maximum Gasteiger partial charge on any atom is 0.293 e. The van der Waals surface area contributed by atoms with E-state index in [1.807, 2.05) is 32.2 Å². The molecule has 0 bridgehead atoms. The Balaban J connectivity index is 0.00000376. The maximum absolute atomic E-state index is 14.6. The van der Waals surface area contributed by atoms with Crippen LogP contribution >= 0.6 is 11.3 Å². The van der Waals surface area contributed by atoms with Crippen LogP contribution in [0.4, 0.5) is 0 Å². The highest BCUT2D eigenvalue weighted by Gasteiger charge is 2.42. The number of thiazole rings is 1. The summed E-state index contributed by atoms with van der Waals surface area (Å²) in [7, 11) is 3.35. The number of likely N-dealkylation sites (tertiary alicyclic amines) is 1. The molecule has 16 heteroatoms. The Kier molecular flexibility index (Phi) is 18.1. The zero-order valence-electron chi connectivity index (χ0n) is 41.3. The normalized spacial score (nSPS) is 17.8. The highest BCUT2D eigenvalue weighted by atomic mass is 32.1.